The van der Waals surface area contributed by atoms with Gasteiger partial charge in [0.2, 0.25) is 5.91 Å². The summed E-state index contributed by atoms with van der Waals surface area (Å²) in [6.07, 6.45) is 0.997. The lowest BCUT2D eigenvalue weighted by atomic mass is 9.97. The molecule has 0 saturated carbocycles. The molecule has 1 aromatic heterocycles. The molecule has 0 unspecified atom stereocenters. The number of rotatable bonds is 9. The normalized spacial score (nSPS) is 13.2. The van der Waals surface area contributed by atoms with E-state index >= 15 is 0 Å². The minimum Gasteiger partial charge on any atom is -0.331 e. The highest BCUT2D eigenvalue weighted by Crippen LogP contribution is 2.28. The van der Waals surface area contributed by atoms with Crippen molar-refractivity contribution in [1.29, 1.82) is 0 Å². The molecule has 3 aromatic rings. The number of nitrogens with zero attached hydrogens (tertiary/aromatic N) is 3. The van der Waals surface area contributed by atoms with Crippen LogP contribution in [0.5, 0.6) is 0 Å². The summed E-state index contributed by atoms with van der Waals surface area (Å²) in [6.45, 7) is 6.35. The molecule has 2 N–H and O–H groups in total. The Bertz CT molecular complexity index is 1050. The summed E-state index contributed by atoms with van der Waals surface area (Å²) < 4.78 is 15.4. The highest BCUT2D eigenvalue weighted by Gasteiger charge is 2.24. The van der Waals surface area contributed by atoms with Gasteiger partial charge in [0.05, 0.1) is 19.8 Å². The lowest BCUT2D eigenvalue weighted by Gasteiger charge is -2.18. The standard InChI is InChI=1S/C24H30FN5OS/c1-6-16(2)20-9-7-8-10-21(20)26-22(31)15-32-24-28-27-23(17(3)29(4)5)30(24)19-13-11-18(25)12-14-19/h7-14,16-17H,6,15H2,1-5H3,(H,26,31)/p+1/t16-,17+/m0/s1. The van der Waals surface area contributed by atoms with Crippen molar-refractivity contribution >= 4 is 23.4 Å². The number of nitrogens with one attached hydrogen (secondary N) is 2. The van der Waals surface area contributed by atoms with Crippen LogP contribution in [0.25, 0.3) is 5.69 Å². The maximum atomic E-state index is 13.5. The average Bonchev–Trinajstić information content (AvgIpc) is 3.21. The van der Waals surface area contributed by atoms with E-state index in [1.807, 2.05) is 36.9 Å². The van der Waals surface area contributed by atoms with Gasteiger partial charge in [0.25, 0.3) is 0 Å². The Morgan fingerprint density at radius 3 is 2.47 bits per heavy atom. The molecule has 0 aliphatic carbocycles. The fourth-order valence-corrected chi connectivity index (χ4v) is 4.08. The molecular weight excluding hydrogens is 425 g/mol. The first-order valence-corrected chi connectivity index (χ1v) is 11.8. The van der Waals surface area contributed by atoms with Gasteiger partial charge in [-0.3, -0.25) is 9.36 Å². The summed E-state index contributed by atoms with van der Waals surface area (Å²) in [5.74, 6) is 0.910. The van der Waals surface area contributed by atoms with Crippen molar-refractivity contribution in [2.75, 3.05) is 25.2 Å². The van der Waals surface area contributed by atoms with E-state index in [9.17, 15) is 9.18 Å². The van der Waals surface area contributed by atoms with Gasteiger partial charge in [-0.15, -0.1) is 10.2 Å². The second-order valence-electron chi connectivity index (χ2n) is 8.19. The number of thioether (sulfide) groups is 1. The molecule has 0 radical (unpaired) electrons. The minimum absolute atomic E-state index is 0.0677. The number of aromatic nitrogens is 3. The van der Waals surface area contributed by atoms with Crippen LogP contribution in [0.3, 0.4) is 0 Å². The van der Waals surface area contributed by atoms with Crippen LogP contribution in [0.15, 0.2) is 53.7 Å². The van der Waals surface area contributed by atoms with Gasteiger partial charge in [-0.05, 0) is 55.2 Å². The number of halogens is 1. The topological polar surface area (TPSA) is 64.2 Å². The van der Waals surface area contributed by atoms with E-state index in [2.05, 4.69) is 42.4 Å². The summed E-state index contributed by atoms with van der Waals surface area (Å²) in [5, 5.41) is 12.4. The van der Waals surface area contributed by atoms with E-state index in [4.69, 9.17) is 0 Å². The van der Waals surface area contributed by atoms with Crippen LogP contribution in [-0.4, -0.2) is 40.5 Å². The molecular formula is C24H31FN5OS+. The van der Waals surface area contributed by atoms with Gasteiger partial charge < -0.3 is 10.2 Å². The molecule has 1 amide bonds. The third-order valence-corrected chi connectivity index (χ3v) is 6.64. The van der Waals surface area contributed by atoms with Crippen LogP contribution in [0, 0.1) is 5.82 Å². The predicted octanol–water partition coefficient (Wildman–Crippen LogP) is 3.86. The molecule has 3 rings (SSSR count). The third-order valence-electron chi connectivity index (χ3n) is 5.71. The fourth-order valence-electron chi connectivity index (χ4n) is 3.32. The summed E-state index contributed by atoms with van der Waals surface area (Å²) in [5.41, 5.74) is 2.75. The first-order chi connectivity index (χ1) is 15.3. The molecule has 170 valence electrons. The zero-order valence-electron chi connectivity index (χ0n) is 19.2. The number of anilines is 1. The molecule has 0 fully saturated rings. The minimum atomic E-state index is -0.303. The van der Waals surface area contributed by atoms with Gasteiger partial charge in [-0.2, -0.15) is 0 Å². The molecule has 0 aliphatic heterocycles. The van der Waals surface area contributed by atoms with E-state index in [-0.39, 0.29) is 23.5 Å². The molecule has 2 atom stereocenters. The molecule has 32 heavy (non-hydrogen) atoms. The van der Waals surface area contributed by atoms with Crippen LogP contribution >= 0.6 is 11.8 Å². The quantitative estimate of drug-likeness (QED) is 0.480. The number of hydrogen-bond acceptors (Lipinski definition) is 4. The fraction of sp³-hybridized carbons (Fsp3) is 0.375. The van der Waals surface area contributed by atoms with Crippen LogP contribution in [0.1, 0.15) is 50.5 Å². The van der Waals surface area contributed by atoms with E-state index in [1.54, 1.807) is 12.1 Å². The Kier molecular flexibility index (Phi) is 8.04. The van der Waals surface area contributed by atoms with E-state index in [0.29, 0.717) is 11.1 Å². The zero-order chi connectivity index (χ0) is 23.3. The highest BCUT2D eigenvalue weighted by atomic mass is 32.2. The van der Waals surface area contributed by atoms with Crippen LogP contribution in [-0.2, 0) is 4.79 Å². The number of carbonyl (C=O) groups is 1. The Balaban J connectivity index is 1.81. The summed E-state index contributed by atoms with van der Waals surface area (Å²) in [6, 6.07) is 14.2. The lowest BCUT2D eigenvalue weighted by molar-refractivity contribution is -0.890. The van der Waals surface area contributed by atoms with Gasteiger partial charge >= 0.3 is 0 Å². The van der Waals surface area contributed by atoms with Gasteiger partial charge in [0.15, 0.2) is 11.0 Å². The monoisotopic (exact) mass is 456 g/mol. The summed E-state index contributed by atoms with van der Waals surface area (Å²) >= 11 is 1.32. The first kappa shape index (κ1) is 23.9. The van der Waals surface area contributed by atoms with Gasteiger partial charge in [0, 0.05) is 11.4 Å². The molecule has 6 nitrogen and oxygen atoms in total. The second-order valence-corrected chi connectivity index (χ2v) is 9.13. The maximum Gasteiger partial charge on any atom is 0.234 e. The SMILES string of the molecule is CC[C@H](C)c1ccccc1NC(=O)CSc1nnc([C@@H](C)[NH+](C)C)n1-c1ccc(F)cc1. The summed E-state index contributed by atoms with van der Waals surface area (Å²) in [4.78, 5) is 13.9. The Morgan fingerprint density at radius 2 is 1.81 bits per heavy atom. The van der Waals surface area contributed by atoms with E-state index in [1.165, 1.54) is 28.8 Å². The number of amides is 1. The van der Waals surface area contributed by atoms with Crippen molar-refractivity contribution in [3.05, 3.63) is 65.7 Å². The molecule has 0 saturated heterocycles. The predicted molar refractivity (Wildman–Crippen MR) is 127 cm³/mol. The Morgan fingerprint density at radius 1 is 1.12 bits per heavy atom. The summed E-state index contributed by atoms with van der Waals surface area (Å²) in [7, 11) is 4.09. The highest BCUT2D eigenvalue weighted by molar-refractivity contribution is 7.99. The zero-order valence-corrected chi connectivity index (χ0v) is 20.0. The number of quaternary nitrogens is 1. The molecule has 0 bridgehead atoms. The van der Waals surface area contributed by atoms with Crippen LogP contribution in [0.2, 0.25) is 0 Å². The average molecular weight is 457 g/mol. The number of hydrogen-bond donors (Lipinski definition) is 2. The van der Waals surface area contributed by atoms with Crippen molar-refractivity contribution in [2.45, 2.75) is 44.3 Å². The molecule has 2 aromatic carbocycles. The van der Waals surface area contributed by atoms with Crippen LogP contribution in [0.4, 0.5) is 10.1 Å². The molecule has 0 aliphatic rings. The third kappa shape index (κ3) is 5.55. The molecule has 1 heterocycles. The van der Waals surface area contributed by atoms with Crippen molar-refractivity contribution in [3.8, 4) is 5.69 Å². The molecule has 8 heteroatoms. The van der Waals surface area contributed by atoms with Gasteiger partial charge in [-0.1, -0.05) is 43.8 Å². The van der Waals surface area contributed by atoms with Crippen LogP contribution < -0.4 is 10.2 Å². The molecule has 0 spiro atoms. The first-order valence-electron chi connectivity index (χ1n) is 10.8. The lowest BCUT2D eigenvalue weighted by Crippen LogP contribution is -3.05. The van der Waals surface area contributed by atoms with Gasteiger partial charge in [-0.25, -0.2) is 4.39 Å². The van der Waals surface area contributed by atoms with Crippen molar-refractivity contribution < 1.29 is 14.1 Å². The largest absolute Gasteiger partial charge is 0.331 e. The number of para-hydroxylation sites is 1. The number of benzene rings is 2. The van der Waals surface area contributed by atoms with Crippen molar-refractivity contribution in [2.24, 2.45) is 0 Å². The Hall–Kier alpha value is -2.71. The van der Waals surface area contributed by atoms with Crippen molar-refractivity contribution in [3.63, 3.8) is 0 Å². The number of carbonyl (C=O) groups excluding carboxylic acids is 1. The van der Waals surface area contributed by atoms with E-state index in [0.717, 1.165) is 29.2 Å². The second kappa shape index (κ2) is 10.7. The van der Waals surface area contributed by atoms with E-state index < -0.39 is 0 Å². The van der Waals surface area contributed by atoms with Gasteiger partial charge in [0.1, 0.15) is 11.9 Å². The maximum absolute atomic E-state index is 13.5. The smallest absolute Gasteiger partial charge is 0.234 e. The van der Waals surface area contributed by atoms with Crippen molar-refractivity contribution in [1.82, 2.24) is 14.8 Å². The Labute approximate surface area is 193 Å².